The highest BCUT2D eigenvalue weighted by atomic mass is 32.2. The van der Waals surface area contributed by atoms with E-state index in [0.29, 0.717) is 44.1 Å². The van der Waals surface area contributed by atoms with Crippen molar-refractivity contribution in [1.82, 2.24) is 9.21 Å². The number of nitrogens with zero attached hydrogens (tertiary/aromatic N) is 2. The second kappa shape index (κ2) is 8.64. The Bertz CT molecular complexity index is 921. The van der Waals surface area contributed by atoms with Gasteiger partial charge in [0.25, 0.3) is 0 Å². The molecule has 2 amide bonds. The fourth-order valence-electron chi connectivity index (χ4n) is 4.60. The predicted molar refractivity (Wildman–Crippen MR) is 111 cm³/mol. The van der Waals surface area contributed by atoms with Crippen molar-refractivity contribution in [3.63, 3.8) is 0 Å². The molecular formula is C21H29N3O5S. The topological polar surface area (TPSA) is 96.0 Å². The van der Waals surface area contributed by atoms with E-state index in [0.717, 1.165) is 25.7 Å². The molecule has 4 rings (SSSR count). The Kier molecular flexibility index (Phi) is 6.13. The zero-order valence-corrected chi connectivity index (χ0v) is 18.1. The summed E-state index contributed by atoms with van der Waals surface area (Å²) >= 11 is 0. The maximum Gasteiger partial charge on any atom is 0.243 e. The molecule has 0 aromatic heterocycles. The van der Waals surface area contributed by atoms with Crippen LogP contribution in [0.4, 0.5) is 5.69 Å². The number of likely N-dealkylation sites (tertiary alicyclic amines) is 1. The SMILES string of the molecule is Cc1ccc(NC(=O)[C@H]2CC(=O)N(C3CCCC3)C2)cc1S(=O)(=O)N1CCOCC1. The lowest BCUT2D eigenvalue weighted by atomic mass is 10.1. The van der Waals surface area contributed by atoms with Crippen LogP contribution < -0.4 is 5.32 Å². The molecular weight excluding hydrogens is 406 g/mol. The molecule has 164 valence electrons. The maximum absolute atomic E-state index is 13.0. The first-order valence-electron chi connectivity index (χ1n) is 10.6. The minimum Gasteiger partial charge on any atom is -0.379 e. The van der Waals surface area contributed by atoms with E-state index in [9.17, 15) is 18.0 Å². The van der Waals surface area contributed by atoms with Crippen LogP contribution in [-0.2, 0) is 24.3 Å². The fraction of sp³-hybridized carbons (Fsp3) is 0.619. The molecule has 1 N–H and O–H groups in total. The highest BCUT2D eigenvalue weighted by Crippen LogP contribution is 2.30. The van der Waals surface area contributed by atoms with Gasteiger partial charge in [0.05, 0.1) is 24.0 Å². The number of morpholine rings is 1. The number of hydrogen-bond donors (Lipinski definition) is 1. The van der Waals surface area contributed by atoms with Gasteiger partial charge in [-0.25, -0.2) is 8.42 Å². The molecule has 8 nitrogen and oxygen atoms in total. The van der Waals surface area contributed by atoms with Crippen LogP contribution in [0.5, 0.6) is 0 Å². The number of sulfonamides is 1. The van der Waals surface area contributed by atoms with Gasteiger partial charge in [-0.2, -0.15) is 4.31 Å². The molecule has 1 atom stereocenters. The van der Waals surface area contributed by atoms with E-state index in [2.05, 4.69) is 5.32 Å². The average molecular weight is 436 g/mol. The van der Waals surface area contributed by atoms with Gasteiger partial charge in [-0.15, -0.1) is 0 Å². The van der Waals surface area contributed by atoms with Crippen molar-refractivity contribution in [2.24, 2.45) is 5.92 Å². The molecule has 0 spiro atoms. The van der Waals surface area contributed by atoms with Crippen LogP contribution in [0, 0.1) is 12.8 Å². The van der Waals surface area contributed by atoms with Crippen LogP contribution in [0.25, 0.3) is 0 Å². The molecule has 1 aromatic carbocycles. The summed E-state index contributed by atoms with van der Waals surface area (Å²) in [5.41, 5.74) is 1.06. The van der Waals surface area contributed by atoms with Gasteiger partial charge >= 0.3 is 0 Å². The Balaban J connectivity index is 1.46. The lowest BCUT2D eigenvalue weighted by molar-refractivity contribution is -0.129. The van der Waals surface area contributed by atoms with Crippen molar-refractivity contribution in [3.05, 3.63) is 23.8 Å². The molecule has 0 bridgehead atoms. The van der Waals surface area contributed by atoms with Gasteiger partial charge in [0.2, 0.25) is 21.8 Å². The highest BCUT2D eigenvalue weighted by molar-refractivity contribution is 7.89. The van der Waals surface area contributed by atoms with Crippen molar-refractivity contribution in [1.29, 1.82) is 0 Å². The Labute approximate surface area is 177 Å². The van der Waals surface area contributed by atoms with Crippen LogP contribution >= 0.6 is 0 Å². The molecule has 3 fully saturated rings. The van der Waals surface area contributed by atoms with Crippen molar-refractivity contribution in [3.8, 4) is 0 Å². The Morgan fingerprint density at radius 1 is 1.17 bits per heavy atom. The molecule has 2 heterocycles. The zero-order valence-electron chi connectivity index (χ0n) is 17.3. The van der Waals surface area contributed by atoms with Gasteiger partial charge in [0.15, 0.2) is 0 Å². The smallest absolute Gasteiger partial charge is 0.243 e. The van der Waals surface area contributed by atoms with Gasteiger partial charge in [-0.3, -0.25) is 9.59 Å². The monoisotopic (exact) mass is 435 g/mol. The number of rotatable bonds is 5. The van der Waals surface area contributed by atoms with Gasteiger partial charge < -0.3 is 15.0 Å². The number of carbonyl (C=O) groups excluding carboxylic acids is 2. The lowest BCUT2D eigenvalue weighted by Crippen LogP contribution is -2.40. The second-order valence-electron chi connectivity index (χ2n) is 8.37. The van der Waals surface area contributed by atoms with E-state index in [1.807, 2.05) is 4.90 Å². The van der Waals surface area contributed by atoms with Crippen molar-refractivity contribution < 1.29 is 22.7 Å². The van der Waals surface area contributed by atoms with E-state index in [1.165, 1.54) is 10.4 Å². The molecule has 3 aliphatic rings. The summed E-state index contributed by atoms with van der Waals surface area (Å²) in [7, 11) is -3.66. The van der Waals surface area contributed by atoms with Crippen molar-refractivity contribution in [2.45, 2.75) is 50.0 Å². The van der Waals surface area contributed by atoms with E-state index < -0.39 is 15.9 Å². The van der Waals surface area contributed by atoms with Crippen molar-refractivity contribution in [2.75, 3.05) is 38.2 Å². The molecule has 0 radical (unpaired) electrons. The summed E-state index contributed by atoms with van der Waals surface area (Å²) < 4.78 is 32.8. The van der Waals surface area contributed by atoms with E-state index in [1.54, 1.807) is 19.1 Å². The largest absolute Gasteiger partial charge is 0.379 e. The summed E-state index contributed by atoms with van der Waals surface area (Å²) in [4.78, 5) is 27.2. The van der Waals surface area contributed by atoms with Crippen LogP contribution in [0.3, 0.4) is 0 Å². The van der Waals surface area contributed by atoms with Gasteiger partial charge in [0, 0.05) is 37.8 Å². The van der Waals surface area contributed by atoms with Crippen molar-refractivity contribution >= 4 is 27.5 Å². The summed E-state index contributed by atoms with van der Waals surface area (Å²) in [6.45, 7) is 3.58. The number of aryl methyl sites for hydroxylation is 1. The molecule has 2 saturated heterocycles. The molecule has 1 saturated carbocycles. The number of hydrogen-bond acceptors (Lipinski definition) is 5. The number of nitrogens with one attached hydrogen (secondary N) is 1. The maximum atomic E-state index is 13.0. The minimum atomic E-state index is -3.66. The summed E-state index contributed by atoms with van der Waals surface area (Å²) in [5, 5.41) is 2.83. The first-order valence-corrected chi connectivity index (χ1v) is 12.1. The molecule has 1 aliphatic carbocycles. The third-order valence-electron chi connectivity index (χ3n) is 6.34. The summed E-state index contributed by atoms with van der Waals surface area (Å²) in [5.74, 6) is -0.595. The third kappa shape index (κ3) is 4.24. The number of carbonyl (C=O) groups is 2. The van der Waals surface area contributed by atoms with E-state index >= 15 is 0 Å². The number of benzene rings is 1. The number of anilines is 1. The number of amides is 2. The van der Waals surface area contributed by atoms with Crippen LogP contribution in [0.2, 0.25) is 0 Å². The minimum absolute atomic E-state index is 0.0431. The van der Waals surface area contributed by atoms with Crippen LogP contribution in [0.1, 0.15) is 37.7 Å². The highest BCUT2D eigenvalue weighted by Gasteiger charge is 2.38. The quantitative estimate of drug-likeness (QED) is 0.760. The number of ether oxygens (including phenoxy) is 1. The molecule has 30 heavy (non-hydrogen) atoms. The summed E-state index contributed by atoms with van der Waals surface area (Å²) in [6.07, 6.45) is 4.51. The third-order valence-corrected chi connectivity index (χ3v) is 8.38. The standard InChI is InChI=1S/C21H29N3O5S/c1-15-6-7-17(13-19(15)30(27,28)23-8-10-29-11-9-23)22-21(26)16-12-20(25)24(14-16)18-4-2-3-5-18/h6-7,13,16,18H,2-5,8-12,14H2,1H3,(H,22,26)/t16-/m0/s1. The van der Waals surface area contributed by atoms with E-state index in [4.69, 9.17) is 4.74 Å². The van der Waals surface area contributed by atoms with Crippen LogP contribution in [-0.4, -0.2) is 68.3 Å². The van der Waals surface area contributed by atoms with Crippen LogP contribution in [0.15, 0.2) is 23.1 Å². The van der Waals surface area contributed by atoms with Gasteiger partial charge in [0.1, 0.15) is 0 Å². The summed E-state index contributed by atoms with van der Waals surface area (Å²) in [6, 6.07) is 5.19. The second-order valence-corrected chi connectivity index (χ2v) is 10.3. The Morgan fingerprint density at radius 3 is 2.57 bits per heavy atom. The van der Waals surface area contributed by atoms with Gasteiger partial charge in [-0.05, 0) is 37.5 Å². The first-order chi connectivity index (χ1) is 14.4. The Morgan fingerprint density at radius 2 is 1.87 bits per heavy atom. The average Bonchev–Trinajstić information content (AvgIpc) is 3.39. The molecule has 9 heteroatoms. The Hall–Kier alpha value is -1.97. The molecule has 2 aliphatic heterocycles. The predicted octanol–water partition coefficient (Wildman–Crippen LogP) is 1.75. The molecule has 0 unspecified atom stereocenters. The van der Waals surface area contributed by atoms with Gasteiger partial charge in [-0.1, -0.05) is 18.9 Å². The van der Waals surface area contributed by atoms with E-state index in [-0.39, 0.29) is 29.2 Å². The molecule has 1 aromatic rings. The fourth-order valence-corrected chi connectivity index (χ4v) is 6.26. The lowest BCUT2D eigenvalue weighted by Gasteiger charge is -2.27. The first kappa shape index (κ1) is 21.3. The zero-order chi connectivity index (χ0) is 21.3. The normalized spacial score (nSPS) is 23.8.